The van der Waals surface area contributed by atoms with Gasteiger partial charge in [-0.1, -0.05) is 60.7 Å². The molecule has 5 heteroatoms. The van der Waals surface area contributed by atoms with Gasteiger partial charge >= 0.3 is 5.97 Å². The Morgan fingerprint density at radius 2 is 1.58 bits per heavy atom. The fourth-order valence-corrected chi connectivity index (χ4v) is 5.53. The number of benzene rings is 3. The number of nitrogens with zero attached hydrogens (tertiary/aromatic N) is 2. The summed E-state index contributed by atoms with van der Waals surface area (Å²) in [6, 6.07) is 27.2. The molecule has 0 N–H and O–H groups in total. The van der Waals surface area contributed by atoms with Crippen molar-refractivity contribution >= 4 is 11.7 Å². The van der Waals surface area contributed by atoms with Gasteiger partial charge in [-0.15, -0.1) is 0 Å². The van der Waals surface area contributed by atoms with Gasteiger partial charge in [0.05, 0.1) is 12.7 Å². The average molecular weight is 443 g/mol. The highest BCUT2D eigenvalue weighted by Crippen LogP contribution is 2.50. The molecule has 0 aliphatic carbocycles. The van der Waals surface area contributed by atoms with Crippen molar-refractivity contribution in [2.75, 3.05) is 25.7 Å². The highest BCUT2D eigenvalue weighted by Gasteiger charge is 2.47. The molecule has 0 aromatic heterocycles. The molecular formula is C28H30N2O3. The second kappa shape index (κ2) is 9.38. The quantitative estimate of drug-likeness (QED) is 0.501. The van der Waals surface area contributed by atoms with E-state index in [0.717, 1.165) is 31.7 Å². The Hall–Kier alpha value is -3.15. The van der Waals surface area contributed by atoms with Crippen LogP contribution in [0.3, 0.4) is 0 Å². The predicted octanol–water partition coefficient (Wildman–Crippen LogP) is 5.03. The highest BCUT2D eigenvalue weighted by molar-refractivity contribution is 5.90. The summed E-state index contributed by atoms with van der Waals surface area (Å²) in [5.41, 5.74) is 5.43. The first kappa shape index (κ1) is 21.7. The molecule has 2 aliphatic heterocycles. The van der Waals surface area contributed by atoms with Gasteiger partial charge in [0, 0.05) is 37.8 Å². The van der Waals surface area contributed by atoms with Gasteiger partial charge in [-0.3, -0.25) is 4.90 Å². The molecule has 0 unspecified atom stereocenters. The largest absolute Gasteiger partial charge is 0.465 e. The van der Waals surface area contributed by atoms with Crippen LogP contribution in [0.1, 0.15) is 39.5 Å². The minimum atomic E-state index is -0.301. The molecule has 1 fully saturated rings. The summed E-state index contributed by atoms with van der Waals surface area (Å²) in [4.78, 5) is 17.3. The lowest BCUT2D eigenvalue weighted by molar-refractivity contribution is 0.0227. The number of ether oxygens (including phenoxy) is 2. The SMILES string of the molecule is COC(=O)c1ccc2c(c1)[C@@H]1[C@@H](CCN1Cc1ccccc1)[C@H](OC)N2Cc1ccccc1. The number of carbonyl (C=O) groups is 1. The molecule has 0 amide bonds. The van der Waals surface area contributed by atoms with Crippen LogP contribution in [0.5, 0.6) is 0 Å². The lowest BCUT2D eigenvalue weighted by Crippen LogP contribution is -2.48. The van der Waals surface area contributed by atoms with E-state index in [0.29, 0.717) is 11.5 Å². The third-order valence-corrected chi connectivity index (χ3v) is 6.96. The van der Waals surface area contributed by atoms with Gasteiger partial charge in [-0.05, 0) is 47.9 Å². The Labute approximate surface area is 195 Å². The molecule has 3 aromatic rings. The van der Waals surface area contributed by atoms with Gasteiger partial charge in [-0.25, -0.2) is 4.79 Å². The number of methoxy groups -OCH3 is 2. The minimum absolute atomic E-state index is 0.0348. The van der Waals surface area contributed by atoms with E-state index in [-0.39, 0.29) is 18.2 Å². The molecule has 0 spiro atoms. The van der Waals surface area contributed by atoms with E-state index in [1.165, 1.54) is 23.8 Å². The first-order chi connectivity index (χ1) is 16.2. The predicted molar refractivity (Wildman–Crippen MR) is 129 cm³/mol. The number of rotatable bonds is 6. The number of anilines is 1. The molecule has 2 aliphatic rings. The first-order valence-corrected chi connectivity index (χ1v) is 11.5. The summed E-state index contributed by atoms with van der Waals surface area (Å²) >= 11 is 0. The molecule has 5 nitrogen and oxygen atoms in total. The number of hydrogen-bond acceptors (Lipinski definition) is 5. The van der Waals surface area contributed by atoms with E-state index in [4.69, 9.17) is 9.47 Å². The molecule has 0 bridgehead atoms. The van der Waals surface area contributed by atoms with Crippen molar-refractivity contribution in [2.24, 2.45) is 5.92 Å². The maximum atomic E-state index is 12.4. The van der Waals surface area contributed by atoms with Crippen LogP contribution in [0.25, 0.3) is 0 Å². The highest BCUT2D eigenvalue weighted by atomic mass is 16.5. The number of hydrogen-bond donors (Lipinski definition) is 0. The maximum Gasteiger partial charge on any atom is 0.337 e. The van der Waals surface area contributed by atoms with Crippen molar-refractivity contribution in [1.29, 1.82) is 0 Å². The van der Waals surface area contributed by atoms with Crippen LogP contribution in [0.15, 0.2) is 78.9 Å². The van der Waals surface area contributed by atoms with Gasteiger partial charge in [0.2, 0.25) is 0 Å². The summed E-state index contributed by atoms with van der Waals surface area (Å²) in [5.74, 6) is 0.00764. The fraction of sp³-hybridized carbons (Fsp3) is 0.321. The summed E-state index contributed by atoms with van der Waals surface area (Å²) < 4.78 is 11.2. The number of likely N-dealkylation sites (tertiary alicyclic amines) is 1. The number of esters is 1. The Morgan fingerprint density at radius 3 is 2.21 bits per heavy atom. The first-order valence-electron chi connectivity index (χ1n) is 11.5. The van der Waals surface area contributed by atoms with E-state index in [1.54, 1.807) is 0 Å². The van der Waals surface area contributed by atoms with Gasteiger partial charge in [-0.2, -0.15) is 0 Å². The molecule has 2 heterocycles. The maximum absolute atomic E-state index is 12.4. The second-order valence-corrected chi connectivity index (χ2v) is 8.86. The molecule has 0 radical (unpaired) electrons. The topological polar surface area (TPSA) is 42.0 Å². The Morgan fingerprint density at radius 1 is 0.909 bits per heavy atom. The summed E-state index contributed by atoms with van der Waals surface area (Å²) in [5, 5.41) is 0. The van der Waals surface area contributed by atoms with Crippen LogP contribution in [0.4, 0.5) is 5.69 Å². The van der Waals surface area contributed by atoms with E-state index < -0.39 is 0 Å². The molecule has 33 heavy (non-hydrogen) atoms. The summed E-state index contributed by atoms with van der Waals surface area (Å²) in [6.45, 7) is 2.62. The second-order valence-electron chi connectivity index (χ2n) is 8.86. The Kier molecular flexibility index (Phi) is 6.16. The van der Waals surface area contributed by atoms with Gasteiger partial charge < -0.3 is 14.4 Å². The third kappa shape index (κ3) is 4.14. The molecule has 0 saturated carbocycles. The molecule has 3 aromatic carbocycles. The zero-order chi connectivity index (χ0) is 22.8. The van der Waals surface area contributed by atoms with Gasteiger partial charge in [0.15, 0.2) is 0 Å². The molecular weight excluding hydrogens is 412 g/mol. The fourth-order valence-electron chi connectivity index (χ4n) is 5.53. The summed E-state index contributed by atoms with van der Waals surface area (Å²) in [6.07, 6.45) is 1.01. The lowest BCUT2D eigenvalue weighted by Gasteiger charge is -2.46. The van der Waals surface area contributed by atoms with Crippen molar-refractivity contribution < 1.29 is 14.3 Å². The van der Waals surface area contributed by atoms with Crippen molar-refractivity contribution in [1.82, 2.24) is 4.90 Å². The zero-order valence-corrected chi connectivity index (χ0v) is 19.2. The lowest BCUT2D eigenvalue weighted by atomic mass is 9.84. The molecule has 170 valence electrons. The smallest absolute Gasteiger partial charge is 0.337 e. The minimum Gasteiger partial charge on any atom is -0.465 e. The van der Waals surface area contributed by atoms with Gasteiger partial charge in [0.25, 0.3) is 0 Å². The van der Waals surface area contributed by atoms with Crippen LogP contribution in [-0.2, 0) is 22.6 Å². The van der Waals surface area contributed by atoms with Crippen molar-refractivity contribution in [3.63, 3.8) is 0 Å². The van der Waals surface area contributed by atoms with E-state index in [9.17, 15) is 4.79 Å². The number of fused-ring (bicyclic) bond motifs is 3. The van der Waals surface area contributed by atoms with Crippen LogP contribution in [-0.4, -0.2) is 37.9 Å². The standard InChI is InChI=1S/C28H30N2O3/c1-32-27-23-15-16-29(18-20-9-5-3-6-10-20)26(23)24-17-22(28(31)33-2)13-14-25(24)30(27)19-21-11-7-4-8-12-21/h3-14,17,23,26-27H,15-16,18-19H2,1-2H3/t23-,26+,27+/m1/s1. The zero-order valence-electron chi connectivity index (χ0n) is 19.2. The molecule has 5 rings (SSSR count). The van der Waals surface area contributed by atoms with E-state index in [1.807, 2.05) is 25.3 Å². The van der Waals surface area contributed by atoms with Crippen LogP contribution in [0.2, 0.25) is 0 Å². The third-order valence-electron chi connectivity index (χ3n) is 6.96. The van der Waals surface area contributed by atoms with E-state index in [2.05, 4.69) is 70.5 Å². The van der Waals surface area contributed by atoms with Gasteiger partial charge in [0.1, 0.15) is 6.23 Å². The monoisotopic (exact) mass is 442 g/mol. The Bertz CT molecular complexity index is 1100. The molecule has 1 saturated heterocycles. The van der Waals surface area contributed by atoms with Crippen LogP contribution in [0, 0.1) is 5.92 Å². The summed E-state index contributed by atoms with van der Waals surface area (Å²) in [7, 11) is 3.25. The molecule has 3 atom stereocenters. The van der Waals surface area contributed by atoms with Crippen molar-refractivity contribution in [3.8, 4) is 0 Å². The van der Waals surface area contributed by atoms with Crippen LogP contribution < -0.4 is 4.90 Å². The Balaban J connectivity index is 1.57. The normalized spacial score (nSPS) is 22.0. The van der Waals surface area contributed by atoms with E-state index >= 15 is 0 Å². The van der Waals surface area contributed by atoms with Crippen molar-refractivity contribution in [3.05, 3.63) is 101 Å². The average Bonchev–Trinajstić information content (AvgIpc) is 3.28. The van der Waals surface area contributed by atoms with Crippen LogP contribution >= 0.6 is 0 Å². The number of carbonyl (C=O) groups excluding carboxylic acids is 1. The van der Waals surface area contributed by atoms with Crippen molar-refractivity contribution in [2.45, 2.75) is 31.8 Å².